The molecule has 0 saturated heterocycles. The maximum absolute atomic E-state index is 5.82. The quantitative estimate of drug-likeness (QED) is 0.758. The Labute approximate surface area is 83.5 Å². The number of aryl methyl sites for hydroxylation is 1. The SMILES string of the molecule is CCNC(C)c1cc(Cl)nc(C)n1. The fourth-order valence-corrected chi connectivity index (χ4v) is 1.42. The molecule has 1 heterocycles. The number of hydrogen-bond donors (Lipinski definition) is 1. The molecule has 0 amide bonds. The lowest BCUT2D eigenvalue weighted by Crippen LogP contribution is -2.19. The molecule has 0 aromatic carbocycles. The first-order chi connectivity index (χ1) is 6.13. The van der Waals surface area contributed by atoms with Crippen molar-refractivity contribution in [3.8, 4) is 0 Å². The van der Waals surface area contributed by atoms with E-state index in [0.717, 1.165) is 12.2 Å². The van der Waals surface area contributed by atoms with E-state index in [1.54, 1.807) is 6.07 Å². The predicted octanol–water partition coefficient (Wildman–Crippen LogP) is 2.11. The van der Waals surface area contributed by atoms with Crippen molar-refractivity contribution in [2.45, 2.75) is 26.8 Å². The molecule has 3 nitrogen and oxygen atoms in total. The third-order valence-corrected chi connectivity index (χ3v) is 1.97. The van der Waals surface area contributed by atoms with Crippen LogP contribution in [0.2, 0.25) is 5.15 Å². The molecule has 1 aromatic heterocycles. The molecule has 1 atom stereocenters. The predicted molar refractivity (Wildman–Crippen MR) is 53.9 cm³/mol. The summed E-state index contributed by atoms with van der Waals surface area (Å²) in [5, 5.41) is 3.77. The average Bonchev–Trinajstić information content (AvgIpc) is 2.03. The molecule has 0 bridgehead atoms. The van der Waals surface area contributed by atoms with Crippen molar-refractivity contribution in [2.24, 2.45) is 0 Å². The van der Waals surface area contributed by atoms with E-state index in [0.29, 0.717) is 11.0 Å². The zero-order valence-electron chi connectivity index (χ0n) is 8.13. The van der Waals surface area contributed by atoms with Gasteiger partial charge < -0.3 is 5.32 Å². The van der Waals surface area contributed by atoms with Crippen molar-refractivity contribution in [1.82, 2.24) is 15.3 Å². The molecule has 0 radical (unpaired) electrons. The van der Waals surface area contributed by atoms with E-state index in [2.05, 4.69) is 29.1 Å². The van der Waals surface area contributed by atoms with Crippen LogP contribution in [0.3, 0.4) is 0 Å². The summed E-state index contributed by atoms with van der Waals surface area (Å²) in [7, 11) is 0. The van der Waals surface area contributed by atoms with Gasteiger partial charge in [-0.05, 0) is 26.5 Å². The summed E-state index contributed by atoms with van der Waals surface area (Å²) in [5.41, 5.74) is 0.944. The van der Waals surface area contributed by atoms with Gasteiger partial charge in [-0.2, -0.15) is 0 Å². The lowest BCUT2D eigenvalue weighted by Gasteiger charge is -2.11. The first-order valence-electron chi connectivity index (χ1n) is 4.38. The zero-order valence-corrected chi connectivity index (χ0v) is 8.89. The van der Waals surface area contributed by atoms with Crippen molar-refractivity contribution in [2.75, 3.05) is 6.54 Å². The van der Waals surface area contributed by atoms with Crippen molar-refractivity contribution in [3.63, 3.8) is 0 Å². The smallest absolute Gasteiger partial charge is 0.133 e. The first-order valence-corrected chi connectivity index (χ1v) is 4.75. The lowest BCUT2D eigenvalue weighted by molar-refractivity contribution is 0.580. The number of aromatic nitrogens is 2. The topological polar surface area (TPSA) is 37.8 Å². The first kappa shape index (κ1) is 10.4. The highest BCUT2D eigenvalue weighted by molar-refractivity contribution is 6.29. The van der Waals surface area contributed by atoms with Crippen molar-refractivity contribution in [1.29, 1.82) is 0 Å². The van der Waals surface area contributed by atoms with Gasteiger partial charge in [0.05, 0.1) is 5.69 Å². The molecule has 1 unspecified atom stereocenters. The molecule has 0 fully saturated rings. The van der Waals surface area contributed by atoms with Crippen LogP contribution < -0.4 is 5.32 Å². The molecule has 4 heteroatoms. The molecule has 13 heavy (non-hydrogen) atoms. The Morgan fingerprint density at radius 2 is 2.23 bits per heavy atom. The third-order valence-electron chi connectivity index (χ3n) is 1.78. The molecule has 0 saturated carbocycles. The van der Waals surface area contributed by atoms with E-state index < -0.39 is 0 Å². The Hall–Kier alpha value is -0.670. The van der Waals surface area contributed by atoms with Crippen LogP contribution in [0.5, 0.6) is 0 Å². The van der Waals surface area contributed by atoms with Gasteiger partial charge in [-0.3, -0.25) is 0 Å². The van der Waals surface area contributed by atoms with Crippen LogP contribution in [0, 0.1) is 6.92 Å². The van der Waals surface area contributed by atoms with Crippen molar-refractivity contribution in [3.05, 3.63) is 22.7 Å². The van der Waals surface area contributed by atoms with Gasteiger partial charge >= 0.3 is 0 Å². The highest BCUT2D eigenvalue weighted by Gasteiger charge is 2.07. The van der Waals surface area contributed by atoms with Crippen LogP contribution in [-0.2, 0) is 0 Å². The van der Waals surface area contributed by atoms with E-state index in [1.807, 2.05) is 6.92 Å². The number of nitrogens with one attached hydrogen (secondary N) is 1. The van der Waals surface area contributed by atoms with Gasteiger partial charge in [0.25, 0.3) is 0 Å². The van der Waals surface area contributed by atoms with Crippen LogP contribution in [0.25, 0.3) is 0 Å². The second-order valence-electron chi connectivity index (χ2n) is 2.94. The van der Waals surface area contributed by atoms with Crippen LogP contribution in [0.4, 0.5) is 0 Å². The lowest BCUT2D eigenvalue weighted by atomic mass is 10.2. The van der Waals surface area contributed by atoms with Crippen LogP contribution in [0.15, 0.2) is 6.07 Å². The van der Waals surface area contributed by atoms with Crippen molar-refractivity contribution >= 4 is 11.6 Å². The van der Waals surface area contributed by atoms with Gasteiger partial charge in [-0.25, -0.2) is 9.97 Å². The van der Waals surface area contributed by atoms with Gasteiger partial charge in [0.1, 0.15) is 11.0 Å². The molecule has 0 aliphatic rings. The molecule has 1 aromatic rings. The summed E-state index contributed by atoms with van der Waals surface area (Å²) in [5.74, 6) is 0.715. The Morgan fingerprint density at radius 3 is 2.77 bits per heavy atom. The minimum atomic E-state index is 0.226. The molecular weight excluding hydrogens is 186 g/mol. The minimum absolute atomic E-state index is 0.226. The van der Waals surface area contributed by atoms with Crippen LogP contribution in [-0.4, -0.2) is 16.5 Å². The van der Waals surface area contributed by atoms with E-state index >= 15 is 0 Å². The van der Waals surface area contributed by atoms with Crippen LogP contribution in [0.1, 0.15) is 31.4 Å². The highest BCUT2D eigenvalue weighted by Crippen LogP contribution is 2.13. The molecule has 0 aliphatic carbocycles. The standard InChI is InChI=1S/C9H14ClN3/c1-4-11-6(2)8-5-9(10)13-7(3)12-8/h5-6,11H,4H2,1-3H3. The van der Waals surface area contributed by atoms with E-state index in [9.17, 15) is 0 Å². The van der Waals surface area contributed by atoms with Gasteiger partial charge in [0.15, 0.2) is 0 Å². The average molecular weight is 200 g/mol. The summed E-state index contributed by atoms with van der Waals surface area (Å²) in [6.07, 6.45) is 0. The summed E-state index contributed by atoms with van der Waals surface area (Å²) < 4.78 is 0. The van der Waals surface area contributed by atoms with Gasteiger partial charge in [0.2, 0.25) is 0 Å². The fraction of sp³-hybridized carbons (Fsp3) is 0.556. The minimum Gasteiger partial charge on any atom is -0.309 e. The molecular formula is C9H14ClN3. The Kier molecular flexibility index (Phi) is 3.63. The zero-order chi connectivity index (χ0) is 9.84. The summed E-state index contributed by atoms with van der Waals surface area (Å²) in [6, 6.07) is 2.02. The summed E-state index contributed by atoms with van der Waals surface area (Å²) in [4.78, 5) is 8.30. The Balaban J connectivity index is 2.87. The summed E-state index contributed by atoms with van der Waals surface area (Å²) in [6.45, 7) is 6.88. The van der Waals surface area contributed by atoms with Crippen molar-refractivity contribution < 1.29 is 0 Å². The van der Waals surface area contributed by atoms with Gasteiger partial charge in [-0.1, -0.05) is 18.5 Å². The molecule has 0 aliphatic heterocycles. The Bertz CT molecular complexity index is 268. The summed E-state index contributed by atoms with van der Waals surface area (Å²) >= 11 is 5.82. The maximum atomic E-state index is 5.82. The highest BCUT2D eigenvalue weighted by atomic mass is 35.5. The van der Waals surface area contributed by atoms with Crippen LogP contribution >= 0.6 is 11.6 Å². The number of rotatable bonds is 3. The number of halogens is 1. The van der Waals surface area contributed by atoms with E-state index in [1.165, 1.54) is 0 Å². The normalized spacial score (nSPS) is 12.9. The van der Waals surface area contributed by atoms with E-state index in [4.69, 9.17) is 11.6 Å². The second kappa shape index (κ2) is 4.53. The largest absolute Gasteiger partial charge is 0.309 e. The fourth-order valence-electron chi connectivity index (χ4n) is 1.19. The molecule has 72 valence electrons. The molecule has 1 N–H and O–H groups in total. The molecule has 1 rings (SSSR count). The molecule has 0 spiro atoms. The number of nitrogens with zero attached hydrogens (tertiary/aromatic N) is 2. The van der Waals surface area contributed by atoms with Gasteiger partial charge in [-0.15, -0.1) is 0 Å². The number of hydrogen-bond acceptors (Lipinski definition) is 3. The Morgan fingerprint density at radius 1 is 1.54 bits per heavy atom. The van der Waals surface area contributed by atoms with Gasteiger partial charge in [0, 0.05) is 6.04 Å². The third kappa shape index (κ3) is 2.94. The monoisotopic (exact) mass is 199 g/mol. The van der Waals surface area contributed by atoms with E-state index in [-0.39, 0.29) is 6.04 Å². The maximum Gasteiger partial charge on any atom is 0.133 e. The second-order valence-corrected chi connectivity index (χ2v) is 3.33.